The molecular weight excluding hydrogens is 296 g/mol. The second-order valence-electron chi connectivity index (χ2n) is 5.28. The lowest BCUT2D eigenvalue weighted by Crippen LogP contribution is -2.57. The molecule has 0 aromatic heterocycles. The van der Waals surface area contributed by atoms with E-state index in [1.54, 1.807) is 0 Å². The van der Waals surface area contributed by atoms with Gasteiger partial charge in [-0.2, -0.15) is 0 Å². The van der Waals surface area contributed by atoms with Crippen LogP contribution in [0.4, 0.5) is 8.78 Å². The zero-order valence-electron chi connectivity index (χ0n) is 11.9. The highest BCUT2D eigenvalue weighted by Gasteiger charge is 2.41. The molecule has 0 radical (unpaired) electrons. The van der Waals surface area contributed by atoms with Crippen LogP contribution in [0, 0.1) is 11.6 Å². The van der Waals surface area contributed by atoms with E-state index in [4.69, 9.17) is 4.74 Å². The van der Waals surface area contributed by atoms with Crippen molar-refractivity contribution in [2.45, 2.75) is 31.2 Å². The molecule has 2 rings (SSSR count). The lowest BCUT2D eigenvalue weighted by atomic mass is 9.90. The van der Waals surface area contributed by atoms with Gasteiger partial charge in [-0.05, 0) is 30.2 Å². The van der Waals surface area contributed by atoms with E-state index in [0.29, 0.717) is 0 Å². The first-order chi connectivity index (χ1) is 10.4. The summed E-state index contributed by atoms with van der Waals surface area (Å²) in [5.74, 6) is -2.79. The van der Waals surface area contributed by atoms with E-state index in [1.807, 2.05) is 0 Å². The number of carboxylic acids is 1. The molecule has 1 heterocycles. The van der Waals surface area contributed by atoms with Crippen molar-refractivity contribution >= 4 is 11.9 Å². The average molecular weight is 313 g/mol. The number of amides is 1. The van der Waals surface area contributed by atoms with Crippen LogP contribution in [0.3, 0.4) is 0 Å². The molecule has 2 N–H and O–H groups in total. The number of ether oxygens (including phenoxy) is 1. The van der Waals surface area contributed by atoms with E-state index >= 15 is 0 Å². The van der Waals surface area contributed by atoms with Crippen molar-refractivity contribution in [3.8, 4) is 0 Å². The molecule has 0 unspecified atom stereocenters. The second-order valence-corrected chi connectivity index (χ2v) is 5.28. The summed E-state index contributed by atoms with van der Waals surface area (Å²) in [7, 11) is 0. The minimum absolute atomic E-state index is 0.00161. The number of carbonyl (C=O) groups is 2. The number of carbonyl (C=O) groups excluding carboxylic acids is 1. The van der Waals surface area contributed by atoms with Gasteiger partial charge in [-0.25, -0.2) is 13.6 Å². The van der Waals surface area contributed by atoms with Gasteiger partial charge in [-0.3, -0.25) is 4.79 Å². The van der Waals surface area contributed by atoms with E-state index in [-0.39, 0.29) is 44.5 Å². The van der Waals surface area contributed by atoms with Crippen LogP contribution >= 0.6 is 0 Å². The quantitative estimate of drug-likeness (QED) is 0.866. The minimum Gasteiger partial charge on any atom is -0.480 e. The largest absolute Gasteiger partial charge is 0.480 e. The fourth-order valence-electron chi connectivity index (χ4n) is 2.42. The van der Waals surface area contributed by atoms with Crippen LogP contribution in [0.25, 0.3) is 0 Å². The van der Waals surface area contributed by atoms with Crippen molar-refractivity contribution in [2.75, 3.05) is 13.2 Å². The number of aliphatic carboxylic acids is 1. The predicted molar refractivity (Wildman–Crippen MR) is 73.2 cm³/mol. The predicted octanol–water partition coefficient (Wildman–Crippen LogP) is 1.65. The average Bonchev–Trinajstić information content (AvgIpc) is 2.49. The highest BCUT2D eigenvalue weighted by molar-refractivity contribution is 5.87. The van der Waals surface area contributed by atoms with Crippen molar-refractivity contribution in [3.05, 3.63) is 35.4 Å². The molecule has 1 saturated heterocycles. The first-order valence-electron chi connectivity index (χ1n) is 6.99. The Balaban J connectivity index is 1.97. The standard InChI is InChI=1S/C15H17F2NO4/c16-11-2-3-12(17)10(9-11)1-4-13(19)18-15(14(20)21)5-7-22-8-6-15/h2-3,9H,1,4-8H2,(H,18,19)(H,20,21). The van der Waals surface area contributed by atoms with Gasteiger partial charge in [0.15, 0.2) is 0 Å². The molecule has 5 nitrogen and oxygen atoms in total. The van der Waals surface area contributed by atoms with Crippen molar-refractivity contribution in [2.24, 2.45) is 0 Å². The van der Waals surface area contributed by atoms with E-state index in [1.165, 1.54) is 0 Å². The first kappa shape index (κ1) is 16.4. The third kappa shape index (κ3) is 3.79. The molecule has 1 amide bonds. The second kappa shape index (κ2) is 6.83. The maximum Gasteiger partial charge on any atom is 0.329 e. The number of hydrogen-bond donors (Lipinski definition) is 2. The zero-order chi connectivity index (χ0) is 16.2. The van der Waals surface area contributed by atoms with Gasteiger partial charge in [-0.1, -0.05) is 0 Å². The fraction of sp³-hybridized carbons (Fsp3) is 0.467. The van der Waals surface area contributed by atoms with Crippen LogP contribution in [0.1, 0.15) is 24.8 Å². The number of halogens is 2. The molecule has 1 fully saturated rings. The van der Waals surface area contributed by atoms with Crippen LogP contribution in [0.2, 0.25) is 0 Å². The van der Waals surface area contributed by atoms with E-state index in [2.05, 4.69) is 5.32 Å². The van der Waals surface area contributed by atoms with Crippen molar-refractivity contribution in [1.82, 2.24) is 5.32 Å². The Morgan fingerprint density at radius 3 is 2.59 bits per heavy atom. The molecule has 0 saturated carbocycles. The zero-order valence-corrected chi connectivity index (χ0v) is 11.9. The van der Waals surface area contributed by atoms with Crippen molar-refractivity contribution in [1.29, 1.82) is 0 Å². The van der Waals surface area contributed by atoms with Crippen LogP contribution in [-0.4, -0.2) is 35.7 Å². The van der Waals surface area contributed by atoms with Gasteiger partial charge < -0.3 is 15.2 Å². The molecule has 22 heavy (non-hydrogen) atoms. The number of nitrogens with one attached hydrogen (secondary N) is 1. The molecular formula is C15H17F2NO4. The maximum absolute atomic E-state index is 13.5. The smallest absolute Gasteiger partial charge is 0.329 e. The highest BCUT2D eigenvalue weighted by atomic mass is 19.1. The summed E-state index contributed by atoms with van der Waals surface area (Å²) in [4.78, 5) is 23.4. The van der Waals surface area contributed by atoms with Gasteiger partial charge >= 0.3 is 5.97 Å². The molecule has 120 valence electrons. The van der Waals surface area contributed by atoms with E-state index in [0.717, 1.165) is 18.2 Å². The van der Waals surface area contributed by atoms with Crippen LogP contribution < -0.4 is 5.32 Å². The fourth-order valence-corrected chi connectivity index (χ4v) is 2.42. The van der Waals surface area contributed by atoms with Crippen molar-refractivity contribution in [3.63, 3.8) is 0 Å². The molecule has 1 aromatic rings. The lowest BCUT2D eigenvalue weighted by molar-refractivity contribution is -0.152. The van der Waals surface area contributed by atoms with Gasteiger partial charge in [0.2, 0.25) is 5.91 Å². The number of rotatable bonds is 5. The van der Waals surface area contributed by atoms with E-state index in [9.17, 15) is 23.5 Å². The molecule has 1 aliphatic heterocycles. The molecule has 0 spiro atoms. The Hall–Kier alpha value is -2.02. The van der Waals surface area contributed by atoms with Gasteiger partial charge in [0.05, 0.1) is 0 Å². The summed E-state index contributed by atoms with van der Waals surface area (Å²) < 4.78 is 31.6. The van der Waals surface area contributed by atoms with Gasteiger partial charge in [0.25, 0.3) is 0 Å². The molecule has 1 aliphatic rings. The van der Waals surface area contributed by atoms with Crippen LogP contribution in [0.15, 0.2) is 18.2 Å². The number of carboxylic acid groups (broad SMARTS) is 1. The molecule has 0 aliphatic carbocycles. The van der Waals surface area contributed by atoms with Gasteiger partial charge in [-0.15, -0.1) is 0 Å². The SMILES string of the molecule is O=C(CCc1cc(F)ccc1F)NC1(C(=O)O)CCOCC1. The lowest BCUT2D eigenvalue weighted by Gasteiger charge is -2.33. The molecule has 1 aromatic carbocycles. The third-order valence-corrected chi connectivity index (χ3v) is 3.76. The Morgan fingerprint density at radius 2 is 1.95 bits per heavy atom. The molecule has 0 atom stereocenters. The summed E-state index contributed by atoms with van der Waals surface area (Å²) in [6.45, 7) is 0.510. The highest BCUT2D eigenvalue weighted by Crippen LogP contribution is 2.21. The first-order valence-corrected chi connectivity index (χ1v) is 6.99. The van der Waals surface area contributed by atoms with E-state index < -0.39 is 29.0 Å². The number of benzene rings is 1. The summed E-state index contributed by atoms with van der Waals surface area (Å²) >= 11 is 0. The van der Waals surface area contributed by atoms with Crippen molar-refractivity contribution < 1.29 is 28.2 Å². The number of aryl methyl sites for hydroxylation is 1. The summed E-state index contributed by atoms with van der Waals surface area (Å²) in [6, 6.07) is 3.03. The molecule has 7 heteroatoms. The van der Waals surface area contributed by atoms with Crippen LogP contribution in [-0.2, 0) is 20.7 Å². The Labute approximate surface area is 126 Å². The minimum atomic E-state index is -1.34. The third-order valence-electron chi connectivity index (χ3n) is 3.76. The Bertz CT molecular complexity index is 571. The monoisotopic (exact) mass is 313 g/mol. The summed E-state index contributed by atoms with van der Waals surface area (Å²) in [5.41, 5.74) is -1.25. The number of hydrogen-bond acceptors (Lipinski definition) is 3. The topological polar surface area (TPSA) is 75.6 Å². The van der Waals surface area contributed by atoms with Gasteiger partial charge in [0.1, 0.15) is 17.2 Å². The van der Waals surface area contributed by atoms with Crippen LogP contribution in [0.5, 0.6) is 0 Å². The van der Waals surface area contributed by atoms with Gasteiger partial charge in [0, 0.05) is 32.5 Å². The summed E-state index contributed by atoms with van der Waals surface area (Å²) in [6.07, 6.45) is 0.253. The summed E-state index contributed by atoms with van der Waals surface area (Å²) in [5, 5.41) is 11.8. The molecule has 0 bridgehead atoms. The normalized spacial score (nSPS) is 17.0. The Kier molecular flexibility index (Phi) is 5.07. The maximum atomic E-state index is 13.5. The Morgan fingerprint density at radius 1 is 1.27 bits per heavy atom.